The van der Waals surface area contributed by atoms with Gasteiger partial charge < -0.3 is 5.32 Å². The Balaban J connectivity index is 2.32. The number of nitriles is 1. The Labute approximate surface area is 99.3 Å². The monoisotopic (exact) mass is 226 g/mol. The molecule has 0 aromatic heterocycles. The molecule has 2 aromatic rings. The Morgan fingerprint density at radius 1 is 1.12 bits per heavy atom. The Hall–Kier alpha value is -2.34. The van der Waals surface area contributed by atoms with Crippen molar-refractivity contribution in [2.75, 3.05) is 5.32 Å². The minimum atomic E-state index is -0.424. The topological polar surface area (TPSA) is 35.8 Å². The molecule has 3 heteroatoms. The number of hydrogen-bond acceptors (Lipinski definition) is 2. The Morgan fingerprint density at radius 3 is 2.53 bits per heavy atom. The van der Waals surface area contributed by atoms with Crippen LogP contribution in [-0.4, -0.2) is 0 Å². The van der Waals surface area contributed by atoms with Crippen LogP contribution in [0.3, 0.4) is 0 Å². The van der Waals surface area contributed by atoms with E-state index in [0.29, 0.717) is 11.3 Å². The van der Waals surface area contributed by atoms with Gasteiger partial charge in [-0.3, -0.25) is 0 Å². The van der Waals surface area contributed by atoms with Crippen LogP contribution < -0.4 is 5.32 Å². The van der Waals surface area contributed by atoms with E-state index >= 15 is 0 Å². The molecule has 0 bridgehead atoms. The molecule has 0 aliphatic rings. The van der Waals surface area contributed by atoms with Gasteiger partial charge in [-0.15, -0.1) is 0 Å². The fourth-order valence-electron chi connectivity index (χ4n) is 1.54. The molecule has 1 N–H and O–H groups in total. The Kier molecular flexibility index (Phi) is 3.06. The highest BCUT2D eigenvalue weighted by molar-refractivity contribution is 5.64. The number of para-hydroxylation sites is 1. The Morgan fingerprint density at radius 2 is 1.88 bits per heavy atom. The van der Waals surface area contributed by atoms with Crippen LogP contribution >= 0.6 is 0 Å². The first kappa shape index (κ1) is 11.2. The average Bonchev–Trinajstić information content (AvgIpc) is 2.34. The third-order valence-corrected chi connectivity index (χ3v) is 2.51. The summed E-state index contributed by atoms with van der Waals surface area (Å²) in [6.07, 6.45) is 0. The summed E-state index contributed by atoms with van der Waals surface area (Å²) in [7, 11) is 0. The number of halogens is 1. The molecule has 0 radical (unpaired) electrons. The molecule has 84 valence electrons. The zero-order chi connectivity index (χ0) is 12.3. The molecule has 2 rings (SSSR count). The van der Waals surface area contributed by atoms with Crippen molar-refractivity contribution in [3.63, 3.8) is 0 Å². The summed E-state index contributed by atoms with van der Waals surface area (Å²) in [4.78, 5) is 0. The molecule has 17 heavy (non-hydrogen) atoms. The molecule has 0 fully saturated rings. The van der Waals surface area contributed by atoms with Crippen molar-refractivity contribution >= 4 is 11.4 Å². The number of rotatable bonds is 2. The molecule has 2 aromatic carbocycles. The molecule has 0 atom stereocenters. The number of nitrogens with zero attached hydrogens (tertiary/aromatic N) is 1. The first-order chi connectivity index (χ1) is 8.20. The minimum absolute atomic E-state index is 0.317. The lowest BCUT2D eigenvalue weighted by molar-refractivity contribution is 0.631. The maximum absolute atomic E-state index is 13.6. The van der Waals surface area contributed by atoms with E-state index < -0.39 is 5.82 Å². The molecule has 0 amide bonds. The standard InChI is InChI=1S/C14H11FN2/c1-10-4-2-3-5-13(10)17-14-7-6-11(9-16)8-12(14)15/h2-8,17H,1H3. The first-order valence-corrected chi connectivity index (χ1v) is 5.23. The SMILES string of the molecule is Cc1ccccc1Nc1ccc(C#N)cc1F. The maximum atomic E-state index is 13.6. The molecule has 0 heterocycles. The predicted molar refractivity (Wildman–Crippen MR) is 65.6 cm³/mol. The van der Waals surface area contributed by atoms with Crippen LogP contribution in [-0.2, 0) is 0 Å². The summed E-state index contributed by atoms with van der Waals surface area (Å²) in [5, 5.41) is 11.7. The zero-order valence-electron chi connectivity index (χ0n) is 9.37. The summed E-state index contributed by atoms with van der Waals surface area (Å²) in [6, 6.07) is 13.9. The molecule has 0 unspecified atom stereocenters. The second-order valence-corrected chi connectivity index (χ2v) is 3.75. The normalized spacial score (nSPS) is 9.71. The van der Waals surface area contributed by atoms with Crippen LogP contribution in [0.4, 0.5) is 15.8 Å². The molecule has 2 nitrogen and oxygen atoms in total. The molecule has 0 aliphatic carbocycles. The molecule has 0 spiro atoms. The summed E-state index contributed by atoms with van der Waals surface area (Å²) in [6.45, 7) is 1.95. The van der Waals surface area contributed by atoms with E-state index in [0.717, 1.165) is 11.3 Å². The third-order valence-electron chi connectivity index (χ3n) is 2.51. The van der Waals surface area contributed by atoms with Crippen LogP contribution in [0.25, 0.3) is 0 Å². The summed E-state index contributed by atoms with van der Waals surface area (Å²) in [5.74, 6) is -0.424. The number of hydrogen-bond donors (Lipinski definition) is 1. The number of anilines is 2. The van der Waals surface area contributed by atoms with Crippen molar-refractivity contribution in [2.45, 2.75) is 6.92 Å². The van der Waals surface area contributed by atoms with Gasteiger partial charge in [0, 0.05) is 5.69 Å². The molecule has 0 aliphatic heterocycles. The van der Waals surface area contributed by atoms with Crippen LogP contribution in [0, 0.1) is 24.1 Å². The van der Waals surface area contributed by atoms with Crippen molar-refractivity contribution in [3.05, 3.63) is 59.4 Å². The van der Waals surface area contributed by atoms with Crippen LogP contribution in [0.2, 0.25) is 0 Å². The largest absolute Gasteiger partial charge is 0.353 e. The number of nitrogens with one attached hydrogen (secondary N) is 1. The van der Waals surface area contributed by atoms with E-state index in [-0.39, 0.29) is 0 Å². The van der Waals surface area contributed by atoms with Crippen molar-refractivity contribution < 1.29 is 4.39 Å². The van der Waals surface area contributed by atoms with Gasteiger partial charge in [0.2, 0.25) is 0 Å². The van der Waals surface area contributed by atoms with E-state index in [1.165, 1.54) is 6.07 Å². The van der Waals surface area contributed by atoms with Crippen LogP contribution in [0.15, 0.2) is 42.5 Å². The van der Waals surface area contributed by atoms with Gasteiger partial charge in [0.25, 0.3) is 0 Å². The molecular formula is C14H11FN2. The highest BCUT2D eigenvalue weighted by Crippen LogP contribution is 2.23. The van der Waals surface area contributed by atoms with Gasteiger partial charge in [0.1, 0.15) is 5.82 Å². The van der Waals surface area contributed by atoms with Gasteiger partial charge in [-0.05, 0) is 36.8 Å². The highest BCUT2D eigenvalue weighted by atomic mass is 19.1. The quantitative estimate of drug-likeness (QED) is 0.846. The minimum Gasteiger partial charge on any atom is -0.353 e. The first-order valence-electron chi connectivity index (χ1n) is 5.23. The summed E-state index contributed by atoms with van der Waals surface area (Å²) < 4.78 is 13.6. The third kappa shape index (κ3) is 2.43. The number of benzene rings is 2. The predicted octanol–water partition coefficient (Wildman–Crippen LogP) is 3.75. The summed E-state index contributed by atoms with van der Waals surface area (Å²) >= 11 is 0. The van der Waals surface area contributed by atoms with Crippen molar-refractivity contribution in [2.24, 2.45) is 0 Å². The maximum Gasteiger partial charge on any atom is 0.147 e. The number of aryl methyl sites for hydroxylation is 1. The molecular weight excluding hydrogens is 215 g/mol. The van der Waals surface area contributed by atoms with E-state index in [1.807, 2.05) is 37.3 Å². The smallest absolute Gasteiger partial charge is 0.147 e. The second-order valence-electron chi connectivity index (χ2n) is 3.75. The van der Waals surface area contributed by atoms with E-state index in [4.69, 9.17) is 5.26 Å². The Bertz CT molecular complexity index is 585. The van der Waals surface area contributed by atoms with Gasteiger partial charge in [0.15, 0.2) is 0 Å². The zero-order valence-corrected chi connectivity index (χ0v) is 9.37. The fourth-order valence-corrected chi connectivity index (χ4v) is 1.54. The molecule has 0 saturated carbocycles. The fraction of sp³-hybridized carbons (Fsp3) is 0.0714. The van der Waals surface area contributed by atoms with Gasteiger partial charge in [-0.1, -0.05) is 18.2 Å². The van der Waals surface area contributed by atoms with E-state index in [9.17, 15) is 4.39 Å². The van der Waals surface area contributed by atoms with Crippen molar-refractivity contribution in [3.8, 4) is 6.07 Å². The van der Waals surface area contributed by atoms with E-state index in [2.05, 4.69) is 5.32 Å². The average molecular weight is 226 g/mol. The highest BCUT2D eigenvalue weighted by Gasteiger charge is 2.04. The second kappa shape index (κ2) is 4.67. The lowest BCUT2D eigenvalue weighted by atomic mass is 10.1. The van der Waals surface area contributed by atoms with Crippen molar-refractivity contribution in [1.82, 2.24) is 0 Å². The van der Waals surface area contributed by atoms with Gasteiger partial charge in [-0.2, -0.15) is 5.26 Å². The molecule has 0 saturated heterocycles. The van der Waals surface area contributed by atoms with E-state index in [1.54, 1.807) is 12.1 Å². The lowest BCUT2D eigenvalue weighted by Crippen LogP contribution is -1.96. The van der Waals surface area contributed by atoms with Gasteiger partial charge in [-0.25, -0.2) is 4.39 Å². The van der Waals surface area contributed by atoms with Gasteiger partial charge >= 0.3 is 0 Å². The summed E-state index contributed by atoms with van der Waals surface area (Å²) in [5.41, 5.74) is 2.59. The van der Waals surface area contributed by atoms with Crippen LogP contribution in [0.5, 0.6) is 0 Å². The van der Waals surface area contributed by atoms with Crippen molar-refractivity contribution in [1.29, 1.82) is 5.26 Å². The lowest BCUT2D eigenvalue weighted by Gasteiger charge is -2.10. The van der Waals surface area contributed by atoms with Crippen LogP contribution in [0.1, 0.15) is 11.1 Å². The van der Waals surface area contributed by atoms with Gasteiger partial charge in [0.05, 0.1) is 17.3 Å².